The molecule has 0 amide bonds. The first-order chi connectivity index (χ1) is 12.5. The van der Waals surface area contributed by atoms with Crippen LogP contribution in [0.2, 0.25) is 0 Å². The number of benzene rings is 1. The first kappa shape index (κ1) is 18.2. The molecule has 26 heavy (non-hydrogen) atoms. The van der Waals surface area contributed by atoms with Gasteiger partial charge in [0.2, 0.25) is 17.1 Å². The number of nitrogens with two attached hydrogens (primary N) is 1. The third-order valence-electron chi connectivity index (χ3n) is 3.86. The van der Waals surface area contributed by atoms with Crippen LogP contribution in [0.15, 0.2) is 55.5 Å². The Morgan fingerprint density at radius 2 is 2.04 bits per heavy atom. The van der Waals surface area contributed by atoms with E-state index < -0.39 is 23.9 Å². The van der Waals surface area contributed by atoms with Crippen molar-refractivity contribution in [3.63, 3.8) is 0 Å². The van der Waals surface area contributed by atoms with Gasteiger partial charge < -0.3 is 24.7 Å². The quantitative estimate of drug-likeness (QED) is 0.727. The first-order valence-corrected chi connectivity index (χ1v) is 8.63. The molecule has 3 rings (SSSR count). The van der Waals surface area contributed by atoms with Crippen molar-refractivity contribution in [2.45, 2.75) is 19.4 Å². The number of fused-ring (bicyclic) bond motifs is 1. The van der Waals surface area contributed by atoms with E-state index in [1.54, 1.807) is 31.2 Å². The highest BCUT2D eigenvalue weighted by atomic mass is 79.9. The summed E-state index contributed by atoms with van der Waals surface area (Å²) in [6.45, 7) is 1.35. The Hall–Kier alpha value is -2.58. The van der Waals surface area contributed by atoms with Crippen LogP contribution in [0, 0.1) is 0 Å². The average molecular weight is 422 g/mol. The lowest BCUT2D eigenvalue weighted by Crippen LogP contribution is -2.30. The van der Waals surface area contributed by atoms with Crippen LogP contribution in [0.25, 0.3) is 0 Å². The number of aliphatic hydroxyl groups is 1. The summed E-state index contributed by atoms with van der Waals surface area (Å²) in [6, 6.07) is 8.24. The molecule has 8 heteroatoms. The Labute approximate surface area is 157 Å². The maximum absolute atomic E-state index is 12.5. The smallest absolute Gasteiger partial charge is 0.340 e. The summed E-state index contributed by atoms with van der Waals surface area (Å²) in [4.78, 5) is 24.8. The van der Waals surface area contributed by atoms with Crippen LogP contribution in [-0.4, -0.2) is 17.7 Å². The van der Waals surface area contributed by atoms with Crippen LogP contribution < -0.4 is 15.9 Å². The van der Waals surface area contributed by atoms with Crippen molar-refractivity contribution in [2.75, 3.05) is 6.61 Å². The zero-order chi connectivity index (χ0) is 18.8. The number of rotatable bonds is 4. The molecule has 2 heterocycles. The maximum Gasteiger partial charge on any atom is 0.340 e. The third-order valence-corrected chi connectivity index (χ3v) is 4.39. The van der Waals surface area contributed by atoms with Crippen LogP contribution in [0.3, 0.4) is 0 Å². The molecule has 1 atom stereocenters. The molecule has 1 aromatic carbocycles. The maximum atomic E-state index is 12.5. The molecular formula is C18H16BrNO6. The van der Waals surface area contributed by atoms with Crippen molar-refractivity contribution in [1.29, 1.82) is 0 Å². The number of hydrogen-bond acceptors (Lipinski definition) is 7. The molecule has 136 valence electrons. The first-order valence-electron chi connectivity index (χ1n) is 7.84. The normalized spacial score (nSPS) is 16.0. The molecule has 1 aliphatic heterocycles. The Balaban J connectivity index is 2.26. The lowest BCUT2D eigenvalue weighted by atomic mass is 9.86. The summed E-state index contributed by atoms with van der Waals surface area (Å²) in [6.07, 6.45) is 0. The number of esters is 1. The van der Waals surface area contributed by atoms with Crippen LogP contribution in [0.5, 0.6) is 5.75 Å². The summed E-state index contributed by atoms with van der Waals surface area (Å²) >= 11 is 3.36. The molecule has 2 aromatic rings. The van der Waals surface area contributed by atoms with Gasteiger partial charge in [-0.05, 0) is 24.6 Å². The van der Waals surface area contributed by atoms with E-state index in [0.717, 1.165) is 10.5 Å². The number of carbonyl (C=O) groups excluding carboxylic acids is 1. The molecule has 0 fully saturated rings. The van der Waals surface area contributed by atoms with Gasteiger partial charge >= 0.3 is 5.97 Å². The van der Waals surface area contributed by atoms with Gasteiger partial charge in [-0.1, -0.05) is 28.1 Å². The lowest BCUT2D eigenvalue weighted by Gasteiger charge is -2.26. The number of aliphatic hydroxyl groups excluding tert-OH is 1. The van der Waals surface area contributed by atoms with E-state index in [1.165, 1.54) is 0 Å². The monoisotopic (exact) mass is 421 g/mol. The van der Waals surface area contributed by atoms with E-state index >= 15 is 0 Å². The minimum absolute atomic E-state index is 0.0416. The van der Waals surface area contributed by atoms with Gasteiger partial charge in [0, 0.05) is 10.5 Å². The van der Waals surface area contributed by atoms with Gasteiger partial charge in [-0.15, -0.1) is 0 Å². The Morgan fingerprint density at radius 1 is 1.35 bits per heavy atom. The standard InChI is InChI=1S/C18H16BrNO6/c1-2-24-18(23)14-13(9-3-5-10(19)6-4-9)16-15(26-17(14)20)12(22)7-11(8-21)25-16/h3-7,13,21H,2,8,20H2,1H3. The van der Waals surface area contributed by atoms with E-state index in [4.69, 9.17) is 19.6 Å². The summed E-state index contributed by atoms with van der Waals surface area (Å²) in [7, 11) is 0. The second-order valence-electron chi connectivity index (χ2n) is 5.51. The van der Waals surface area contributed by atoms with Crippen molar-refractivity contribution < 1.29 is 23.8 Å². The van der Waals surface area contributed by atoms with Crippen LogP contribution >= 0.6 is 15.9 Å². The second-order valence-corrected chi connectivity index (χ2v) is 6.43. The fourth-order valence-corrected chi connectivity index (χ4v) is 3.02. The number of halogens is 1. The summed E-state index contributed by atoms with van der Waals surface area (Å²) in [5.74, 6) is -1.64. The van der Waals surface area contributed by atoms with E-state index in [0.29, 0.717) is 5.56 Å². The number of ether oxygens (including phenoxy) is 2. The predicted octanol–water partition coefficient (Wildman–Crippen LogP) is 2.15. The van der Waals surface area contributed by atoms with E-state index in [1.807, 2.05) is 0 Å². The summed E-state index contributed by atoms with van der Waals surface area (Å²) < 4.78 is 17.0. The van der Waals surface area contributed by atoms with Crippen LogP contribution in [0.4, 0.5) is 0 Å². The van der Waals surface area contributed by atoms with Crippen molar-refractivity contribution in [2.24, 2.45) is 5.73 Å². The topological polar surface area (TPSA) is 112 Å². The van der Waals surface area contributed by atoms with Gasteiger partial charge in [0.1, 0.15) is 17.9 Å². The highest BCUT2D eigenvalue weighted by Gasteiger charge is 2.39. The molecular weight excluding hydrogens is 406 g/mol. The Kier molecular flexibility index (Phi) is 5.15. The molecule has 1 unspecified atom stereocenters. The number of carbonyl (C=O) groups is 1. The highest BCUT2D eigenvalue weighted by Crippen LogP contribution is 2.41. The molecule has 7 nitrogen and oxygen atoms in total. The largest absolute Gasteiger partial charge is 0.462 e. The van der Waals surface area contributed by atoms with E-state index in [-0.39, 0.29) is 35.3 Å². The zero-order valence-electron chi connectivity index (χ0n) is 13.8. The SMILES string of the molecule is CCOC(=O)C1=C(N)Oc2c(oc(CO)cc2=O)C1c1ccc(Br)cc1. The van der Waals surface area contributed by atoms with E-state index in [2.05, 4.69) is 15.9 Å². The third kappa shape index (κ3) is 3.25. The minimum atomic E-state index is -0.801. The van der Waals surface area contributed by atoms with Gasteiger partial charge in [-0.3, -0.25) is 4.79 Å². The zero-order valence-corrected chi connectivity index (χ0v) is 15.4. The van der Waals surface area contributed by atoms with Gasteiger partial charge in [0.25, 0.3) is 0 Å². The van der Waals surface area contributed by atoms with E-state index in [9.17, 15) is 14.7 Å². The van der Waals surface area contributed by atoms with Crippen LogP contribution in [-0.2, 0) is 16.1 Å². The lowest BCUT2D eigenvalue weighted by molar-refractivity contribution is -0.139. The second kappa shape index (κ2) is 7.35. The van der Waals surface area contributed by atoms with Crippen molar-refractivity contribution in [1.82, 2.24) is 0 Å². The van der Waals surface area contributed by atoms with Crippen LogP contribution in [0.1, 0.15) is 29.9 Å². The fraction of sp³-hybridized carbons (Fsp3) is 0.222. The average Bonchev–Trinajstić information content (AvgIpc) is 2.62. The minimum Gasteiger partial charge on any atom is -0.462 e. The molecule has 0 bridgehead atoms. The summed E-state index contributed by atoms with van der Waals surface area (Å²) in [5.41, 5.74) is 6.14. The van der Waals surface area contributed by atoms with Gasteiger partial charge in [0.15, 0.2) is 5.76 Å². The molecule has 1 aromatic heterocycles. The predicted molar refractivity (Wildman–Crippen MR) is 95.4 cm³/mol. The molecule has 0 radical (unpaired) electrons. The fourth-order valence-electron chi connectivity index (χ4n) is 2.76. The molecule has 0 saturated carbocycles. The van der Waals surface area contributed by atoms with Crippen molar-refractivity contribution >= 4 is 21.9 Å². The van der Waals surface area contributed by atoms with Gasteiger partial charge in [-0.2, -0.15) is 0 Å². The van der Waals surface area contributed by atoms with Crippen molar-refractivity contribution in [3.05, 3.63) is 73.6 Å². The van der Waals surface area contributed by atoms with Gasteiger partial charge in [-0.25, -0.2) is 4.79 Å². The van der Waals surface area contributed by atoms with Crippen molar-refractivity contribution in [3.8, 4) is 5.75 Å². The molecule has 1 aliphatic rings. The summed E-state index contributed by atoms with van der Waals surface area (Å²) in [5, 5.41) is 9.36. The Bertz CT molecular complexity index is 932. The highest BCUT2D eigenvalue weighted by molar-refractivity contribution is 9.10. The molecule has 3 N–H and O–H groups in total. The number of hydrogen-bond donors (Lipinski definition) is 2. The van der Waals surface area contributed by atoms with Gasteiger partial charge in [0.05, 0.1) is 12.5 Å². The molecule has 0 aliphatic carbocycles. The molecule has 0 spiro atoms. The molecule has 0 saturated heterocycles. The Morgan fingerprint density at radius 3 is 2.65 bits per heavy atom.